The second-order valence-corrected chi connectivity index (χ2v) is 10.4. The van der Waals surface area contributed by atoms with Crippen LogP contribution < -0.4 is 5.32 Å². The lowest BCUT2D eigenvalue weighted by atomic mass is 10.2. The molecule has 3 aromatic rings. The Hall–Kier alpha value is -2.07. The second kappa shape index (κ2) is 9.82. The number of hydrogen-bond acceptors (Lipinski definition) is 7. The summed E-state index contributed by atoms with van der Waals surface area (Å²) in [4.78, 5) is 32.6. The van der Waals surface area contributed by atoms with Gasteiger partial charge in [-0.1, -0.05) is 59.9 Å². The van der Waals surface area contributed by atoms with Crippen LogP contribution in [-0.2, 0) is 9.59 Å². The minimum Gasteiger partial charge on any atom is -0.302 e. The summed E-state index contributed by atoms with van der Waals surface area (Å²) in [5.74, 6) is -0.0504. The van der Waals surface area contributed by atoms with E-state index in [4.69, 9.17) is 12.2 Å². The molecular weight excluding hydrogens is 455 g/mol. The monoisotopic (exact) mass is 473 g/mol. The van der Waals surface area contributed by atoms with E-state index in [-0.39, 0.29) is 11.8 Å². The Morgan fingerprint density at radius 3 is 2.83 bits per heavy atom. The van der Waals surface area contributed by atoms with Crippen LogP contribution in [0.1, 0.15) is 30.6 Å². The number of benzene rings is 1. The largest absolute Gasteiger partial charge is 0.302 e. The van der Waals surface area contributed by atoms with Crippen molar-refractivity contribution in [3.05, 3.63) is 51.6 Å². The second-order valence-electron chi connectivity index (χ2n) is 6.69. The molecule has 2 amide bonds. The van der Waals surface area contributed by atoms with Crippen molar-refractivity contribution in [1.82, 2.24) is 9.88 Å². The van der Waals surface area contributed by atoms with Crippen LogP contribution in [0.5, 0.6) is 0 Å². The van der Waals surface area contributed by atoms with Crippen molar-refractivity contribution in [2.45, 2.75) is 25.7 Å². The Labute approximate surface area is 192 Å². The van der Waals surface area contributed by atoms with E-state index in [1.807, 2.05) is 47.9 Å². The van der Waals surface area contributed by atoms with Crippen molar-refractivity contribution in [1.29, 1.82) is 0 Å². The summed E-state index contributed by atoms with van der Waals surface area (Å²) >= 11 is 9.80. The van der Waals surface area contributed by atoms with Crippen molar-refractivity contribution in [3.8, 4) is 0 Å². The van der Waals surface area contributed by atoms with Crippen molar-refractivity contribution in [2.75, 3.05) is 11.9 Å². The van der Waals surface area contributed by atoms with E-state index < -0.39 is 0 Å². The van der Waals surface area contributed by atoms with Gasteiger partial charge in [0.15, 0.2) is 5.13 Å². The number of hydrogen-bond donors (Lipinski definition) is 1. The van der Waals surface area contributed by atoms with Crippen molar-refractivity contribution in [3.63, 3.8) is 0 Å². The number of nitrogens with zero attached hydrogens (tertiary/aromatic N) is 2. The number of anilines is 1. The van der Waals surface area contributed by atoms with Gasteiger partial charge in [-0.05, 0) is 42.5 Å². The van der Waals surface area contributed by atoms with E-state index in [1.54, 1.807) is 16.2 Å². The number of carbonyl (C=O) groups is 2. The molecule has 4 rings (SSSR count). The molecule has 1 N–H and O–H groups in total. The van der Waals surface area contributed by atoms with E-state index in [0.717, 1.165) is 34.4 Å². The number of unbranched alkanes of at least 4 members (excludes halogenated alkanes) is 2. The average Bonchev–Trinajstić information content (AvgIpc) is 3.43. The molecular formula is C21H19N3O2S4. The predicted molar refractivity (Wildman–Crippen MR) is 131 cm³/mol. The lowest BCUT2D eigenvalue weighted by Crippen LogP contribution is -2.29. The lowest BCUT2D eigenvalue weighted by molar-refractivity contribution is -0.122. The molecule has 0 unspecified atom stereocenters. The van der Waals surface area contributed by atoms with Gasteiger partial charge in [0.2, 0.25) is 5.91 Å². The molecule has 0 saturated carbocycles. The van der Waals surface area contributed by atoms with Crippen LogP contribution in [0.4, 0.5) is 5.13 Å². The molecule has 1 fully saturated rings. The zero-order chi connectivity index (χ0) is 20.9. The first-order valence-corrected chi connectivity index (χ1v) is 12.5. The molecule has 3 heterocycles. The fourth-order valence-electron chi connectivity index (χ4n) is 3.04. The molecule has 154 valence electrons. The Balaban J connectivity index is 1.19. The Morgan fingerprint density at radius 2 is 2.03 bits per heavy atom. The van der Waals surface area contributed by atoms with Gasteiger partial charge in [0.25, 0.3) is 5.91 Å². The summed E-state index contributed by atoms with van der Waals surface area (Å²) in [6.07, 6.45) is 4.76. The number of thiophene rings is 1. The number of thiocarbonyl (C=S) groups is 1. The molecule has 0 aliphatic carbocycles. The zero-order valence-electron chi connectivity index (χ0n) is 16.0. The van der Waals surface area contributed by atoms with Gasteiger partial charge >= 0.3 is 0 Å². The number of para-hydroxylation sites is 1. The summed E-state index contributed by atoms with van der Waals surface area (Å²) < 4.78 is 1.67. The minimum atomic E-state index is -0.0291. The molecule has 1 saturated heterocycles. The third kappa shape index (κ3) is 5.15. The SMILES string of the molecule is O=C(CCCCCN1C(=O)/C(=C\c2cccs2)SC1=S)Nc1nc2ccccc2s1. The maximum Gasteiger partial charge on any atom is 0.266 e. The van der Waals surface area contributed by atoms with Crippen LogP contribution in [-0.4, -0.2) is 32.6 Å². The number of rotatable bonds is 8. The summed E-state index contributed by atoms with van der Waals surface area (Å²) in [6, 6.07) is 11.8. The Bertz CT molecular complexity index is 1070. The van der Waals surface area contributed by atoms with Crippen LogP contribution in [0, 0.1) is 0 Å². The molecule has 0 radical (unpaired) electrons. The summed E-state index contributed by atoms with van der Waals surface area (Å²) in [6.45, 7) is 0.589. The number of nitrogens with one attached hydrogen (secondary N) is 1. The van der Waals surface area contributed by atoms with Crippen molar-refractivity contribution < 1.29 is 9.59 Å². The molecule has 1 aromatic carbocycles. The van der Waals surface area contributed by atoms with Crippen LogP contribution in [0.2, 0.25) is 0 Å². The maximum atomic E-state index is 12.6. The van der Waals surface area contributed by atoms with Gasteiger partial charge in [0, 0.05) is 17.8 Å². The standard InChI is InChI=1S/C21H19N3O2S4/c25-18(23-20-22-15-8-3-4-9-16(15)29-20)10-2-1-5-11-24-19(26)17(30-21(24)27)13-14-7-6-12-28-14/h3-4,6-9,12-13H,1-2,5,10-11H2,(H,22,23,25)/b17-13+. The van der Waals surface area contributed by atoms with E-state index >= 15 is 0 Å². The topological polar surface area (TPSA) is 62.3 Å². The van der Waals surface area contributed by atoms with Gasteiger partial charge in [0.1, 0.15) is 4.32 Å². The van der Waals surface area contributed by atoms with E-state index in [2.05, 4.69) is 10.3 Å². The van der Waals surface area contributed by atoms with Gasteiger partial charge in [-0.25, -0.2) is 4.98 Å². The van der Waals surface area contributed by atoms with Gasteiger partial charge in [-0.2, -0.15) is 0 Å². The number of thiazole rings is 1. The molecule has 30 heavy (non-hydrogen) atoms. The average molecular weight is 474 g/mol. The first-order chi connectivity index (χ1) is 14.6. The number of amides is 2. The predicted octanol–water partition coefficient (Wildman–Crippen LogP) is 5.76. The van der Waals surface area contributed by atoms with Crippen molar-refractivity contribution in [2.24, 2.45) is 0 Å². The van der Waals surface area contributed by atoms with E-state index in [9.17, 15) is 9.59 Å². The number of aromatic nitrogens is 1. The van der Waals surface area contributed by atoms with Crippen LogP contribution in [0.3, 0.4) is 0 Å². The normalized spacial score (nSPS) is 15.5. The summed E-state index contributed by atoms with van der Waals surface area (Å²) in [7, 11) is 0. The number of carbonyl (C=O) groups excluding carboxylic acids is 2. The van der Waals surface area contributed by atoms with Gasteiger partial charge in [-0.15, -0.1) is 11.3 Å². The summed E-state index contributed by atoms with van der Waals surface area (Å²) in [5, 5.41) is 5.50. The van der Waals surface area contributed by atoms with Gasteiger partial charge in [0.05, 0.1) is 15.1 Å². The Kier molecular flexibility index (Phi) is 6.93. The van der Waals surface area contributed by atoms with Gasteiger partial charge < -0.3 is 5.32 Å². The van der Waals surface area contributed by atoms with Gasteiger partial charge in [-0.3, -0.25) is 14.5 Å². The molecule has 1 aliphatic heterocycles. The first kappa shape index (κ1) is 21.2. The molecule has 0 bridgehead atoms. The molecule has 1 aliphatic rings. The molecule has 9 heteroatoms. The quantitative estimate of drug-likeness (QED) is 0.256. The van der Waals surface area contributed by atoms with Crippen LogP contribution in [0.15, 0.2) is 46.7 Å². The molecule has 0 atom stereocenters. The number of fused-ring (bicyclic) bond motifs is 1. The molecule has 2 aromatic heterocycles. The smallest absolute Gasteiger partial charge is 0.266 e. The van der Waals surface area contributed by atoms with Crippen LogP contribution in [0.25, 0.3) is 16.3 Å². The van der Waals surface area contributed by atoms with Crippen molar-refractivity contribution >= 4 is 84.2 Å². The zero-order valence-corrected chi connectivity index (χ0v) is 19.3. The highest BCUT2D eigenvalue weighted by molar-refractivity contribution is 8.26. The third-order valence-corrected chi connectivity index (χ3v) is 7.66. The van der Waals surface area contributed by atoms with E-state index in [0.29, 0.717) is 27.3 Å². The fourth-order valence-corrected chi connectivity index (χ4v) is 5.95. The molecule has 5 nitrogen and oxygen atoms in total. The highest BCUT2D eigenvalue weighted by Gasteiger charge is 2.31. The summed E-state index contributed by atoms with van der Waals surface area (Å²) in [5.41, 5.74) is 0.898. The minimum absolute atomic E-state index is 0.0213. The van der Waals surface area contributed by atoms with E-state index in [1.165, 1.54) is 23.1 Å². The third-order valence-electron chi connectivity index (χ3n) is 4.52. The highest BCUT2D eigenvalue weighted by atomic mass is 32.2. The molecule has 0 spiro atoms. The Morgan fingerprint density at radius 1 is 1.17 bits per heavy atom. The maximum absolute atomic E-state index is 12.6. The lowest BCUT2D eigenvalue weighted by Gasteiger charge is -2.13. The highest BCUT2D eigenvalue weighted by Crippen LogP contribution is 2.33. The first-order valence-electron chi connectivity index (χ1n) is 9.54. The number of thioether (sulfide) groups is 1. The van der Waals surface area contributed by atoms with Crippen LogP contribution >= 0.6 is 46.7 Å². The fraction of sp³-hybridized carbons (Fsp3) is 0.238.